The quantitative estimate of drug-likeness (QED) is 0.667. The smallest absolute Gasteiger partial charge is 0.420 e. The largest absolute Gasteiger partial charge is 0.493 e. The van der Waals surface area contributed by atoms with E-state index in [-0.39, 0.29) is 18.0 Å². The summed E-state index contributed by atoms with van der Waals surface area (Å²) in [5.74, 6) is -0.188. The van der Waals surface area contributed by atoms with Crippen LogP contribution in [0.25, 0.3) is 0 Å². The van der Waals surface area contributed by atoms with E-state index in [9.17, 15) is 13.2 Å². The summed E-state index contributed by atoms with van der Waals surface area (Å²) in [6.45, 7) is 2.20. The summed E-state index contributed by atoms with van der Waals surface area (Å²) in [6, 6.07) is 2.14. The molecule has 6 heteroatoms. The summed E-state index contributed by atoms with van der Waals surface area (Å²) in [6.07, 6.45) is -2.90. The number of hydrogen-bond acceptors (Lipinski definition) is 2. The molecule has 17 heavy (non-hydrogen) atoms. The minimum Gasteiger partial charge on any atom is -0.493 e. The van der Waals surface area contributed by atoms with Gasteiger partial charge in [-0.25, -0.2) is 0 Å². The Hall–Kier alpha value is -0.910. The van der Waals surface area contributed by atoms with E-state index in [2.05, 4.69) is 15.9 Å². The zero-order valence-corrected chi connectivity index (χ0v) is 10.9. The van der Waals surface area contributed by atoms with Crippen molar-refractivity contribution in [3.8, 4) is 5.75 Å². The van der Waals surface area contributed by atoms with Gasteiger partial charge in [0.25, 0.3) is 0 Å². The van der Waals surface area contributed by atoms with Crippen LogP contribution in [0.5, 0.6) is 5.75 Å². The molecule has 1 aromatic rings. The van der Waals surface area contributed by atoms with E-state index in [1.165, 1.54) is 6.07 Å². The van der Waals surface area contributed by atoms with Gasteiger partial charge in [-0.15, -0.1) is 0 Å². The number of anilines is 1. The van der Waals surface area contributed by atoms with Crippen LogP contribution in [0.2, 0.25) is 0 Å². The number of ether oxygens (including phenoxy) is 1. The van der Waals surface area contributed by atoms with Crippen molar-refractivity contribution in [2.24, 2.45) is 0 Å². The fourth-order valence-electron chi connectivity index (χ4n) is 1.24. The first kappa shape index (κ1) is 14.2. The van der Waals surface area contributed by atoms with Crippen molar-refractivity contribution < 1.29 is 17.9 Å². The SMILES string of the molecule is CCCCOc1cc(Br)c(N)cc1C(F)(F)F. The standard InChI is InChI=1S/C11H13BrF3NO/c1-2-3-4-17-10-6-8(12)9(16)5-7(10)11(13,14)15/h5-6H,2-4,16H2,1H3. The van der Waals surface area contributed by atoms with Crippen molar-refractivity contribution in [3.05, 3.63) is 22.2 Å². The Morgan fingerprint density at radius 2 is 2.00 bits per heavy atom. The number of nitrogens with two attached hydrogens (primary N) is 1. The molecule has 0 unspecified atom stereocenters. The van der Waals surface area contributed by atoms with Gasteiger partial charge in [-0.1, -0.05) is 13.3 Å². The molecule has 0 saturated carbocycles. The van der Waals surface area contributed by atoms with E-state index in [0.717, 1.165) is 12.5 Å². The maximum Gasteiger partial charge on any atom is 0.420 e. The van der Waals surface area contributed by atoms with Crippen LogP contribution in [-0.2, 0) is 6.18 Å². The van der Waals surface area contributed by atoms with Crippen molar-refractivity contribution in [1.82, 2.24) is 0 Å². The van der Waals surface area contributed by atoms with E-state index in [4.69, 9.17) is 10.5 Å². The maximum atomic E-state index is 12.7. The summed E-state index contributed by atoms with van der Waals surface area (Å²) in [4.78, 5) is 0. The average Bonchev–Trinajstić information content (AvgIpc) is 2.21. The molecule has 0 bridgehead atoms. The number of nitrogen functional groups attached to an aromatic ring is 1. The van der Waals surface area contributed by atoms with E-state index in [1.54, 1.807) is 0 Å². The Balaban J connectivity index is 3.04. The summed E-state index contributed by atoms with van der Waals surface area (Å²) < 4.78 is 43.7. The fourth-order valence-corrected chi connectivity index (χ4v) is 1.56. The highest BCUT2D eigenvalue weighted by Crippen LogP contribution is 2.40. The van der Waals surface area contributed by atoms with E-state index >= 15 is 0 Å². The van der Waals surface area contributed by atoms with Gasteiger partial charge >= 0.3 is 6.18 Å². The molecule has 0 saturated heterocycles. The second kappa shape index (κ2) is 5.62. The summed E-state index contributed by atoms with van der Waals surface area (Å²) in [5.41, 5.74) is 4.64. The summed E-state index contributed by atoms with van der Waals surface area (Å²) in [7, 11) is 0. The third-order valence-electron chi connectivity index (χ3n) is 2.16. The van der Waals surface area contributed by atoms with Crippen LogP contribution in [0.15, 0.2) is 16.6 Å². The number of hydrogen-bond donors (Lipinski definition) is 1. The molecule has 1 rings (SSSR count). The summed E-state index contributed by atoms with van der Waals surface area (Å²) >= 11 is 3.08. The van der Waals surface area contributed by atoms with Crippen LogP contribution in [0.3, 0.4) is 0 Å². The monoisotopic (exact) mass is 311 g/mol. The molecule has 0 radical (unpaired) electrons. The highest BCUT2D eigenvalue weighted by Gasteiger charge is 2.35. The zero-order valence-electron chi connectivity index (χ0n) is 9.27. The Morgan fingerprint density at radius 3 is 2.53 bits per heavy atom. The van der Waals surface area contributed by atoms with Gasteiger partial charge in [0.2, 0.25) is 0 Å². The minimum atomic E-state index is -4.46. The summed E-state index contributed by atoms with van der Waals surface area (Å²) in [5, 5.41) is 0. The number of unbranched alkanes of at least 4 members (excludes halogenated alkanes) is 1. The van der Waals surface area contributed by atoms with Gasteiger partial charge in [-0.05, 0) is 34.5 Å². The third kappa shape index (κ3) is 3.80. The Labute approximate surface area is 106 Å². The van der Waals surface area contributed by atoms with Gasteiger partial charge in [0.1, 0.15) is 5.75 Å². The molecule has 0 heterocycles. The van der Waals surface area contributed by atoms with Gasteiger partial charge in [0, 0.05) is 10.2 Å². The molecule has 2 nitrogen and oxygen atoms in total. The maximum absolute atomic E-state index is 12.7. The fraction of sp³-hybridized carbons (Fsp3) is 0.455. The second-order valence-electron chi connectivity index (χ2n) is 3.57. The predicted molar refractivity (Wildman–Crippen MR) is 64.0 cm³/mol. The lowest BCUT2D eigenvalue weighted by Gasteiger charge is -2.15. The first-order valence-corrected chi connectivity index (χ1v) is 5.94. The molecule has 0 aromatic heterocycles. The number of halogens is 4. The molecule has 2 N–H and O–H groups in total. The highest BCUT2D eigenvalue weighted by atomic mass is 79.9. The van der Waals surface area contributed by atoms with Crippen LogP contribution in [0.4, 0.5) is 18.9 Å². The number of benzene rings is 1. The van der Waals surface area contributed by atoms with Gasteiger partial charge < -0.3 is 10.5 Å². The van der Waals surface area contributed by atoms with Crippen LogP contribution in [0.1, 0.15) is 25.3 Å². The molecule has 0 spiro atoms. The normalized spacial score (nSPS) is 11.6. The lowest BCUT2D eigenvalue weighted by molar-refractivity contribution is -0.138. The first-order valence-electron chi connectivity index (χ1n) is 5.15. The van der Waals surface area contributed by atoms with Crippen molar-refractivity contribution in [2.45, 2.75) is 25.9 Å². The van der Waals surface area contributed by atoms with E-state index in [1.807, 2.05) is 6.92 Å². The minimum absolute atomic E-state index is 0.0418. The first-order chi connectivity index (χ1) is 7.86. The van der Waals surface area contributed by atoms with Crippen LogP contribution < -0.4 is 10.5 Å². The van der Waals surface area contributed by atoms with Gasteiger partial charge in [-0.3, -0.25) is 0 Å². The molecule has 0 aliphatic rings. The molecular weight excluding hydrogens is 299 g/mol. The van der Waals surface area contributed by atoms with Crippen molar-refractivity contribution in [3.63, 3.8) is 0 Å². The lowest BCUT2D eigenvalue weighted by Crippen LogP contribution is -2.10. The highest BCUT2D eigenvalue weighted by molar-refractivity contribution is 9.10. The molecule has 0 aliphatic heterocycles. The van der Waals surface area contributed by atoms with Gasteiger partial charge in [0.05, 0.1) is 12.2 Å². The average molecular weight is 312 g/mol. The lowest BCUT2D eigenvalue weighted by atomic mass is 10.1. The number of alkyl halides is 3. The van der Waals surface area contributed by atoms with Crippen molar-refractivity contribution in [2.75, 3.05) is 12.3 Å². The predicted octanol–water partition coefficient (Wildman–Crippen LogP) is 4.23. The molecule has 1 aromatic carbocycles. The zero-order chi connectivity index (χ0) is 13.1. The van der Waals surface area contributed by atoms with Crippen LogP contribution in [0, 0.1) is 0 Å². The van der Waals surface area contributed by atoms with E-state index in [0.29, 0.717) is 10.9 Å². The third-order valence-corrected chi connectivity index (χ3v) is 2.85. The second-order valence-corrected chi connectivity index (χ2v) is 4.42. The molecule has 96 valence electrons. The molecule has 0 fully saturated rings. The van der Waals surface area contributed by atoms with Crippen LogP contribution in [-0.4, -0.2) is 6.61 Å². The Morgan fingerprint density at radius 1 is 1.35 bits per heavy atom. The molecular formula is C11H13BrF3NO. The number of rotatable bonds is 4. The molecule has 0 atom stereocenters. The van der Waals surface area contributed by atoms with Crippen molar-refractivity contribution >= 4 is 21.6 Å². The molecule has 0 aliphatic carbocycles. The van der Waals surface area contributed by atoms with Gasteiger partial charge in [-0.2, -0.15) is 13.2 Å². The van der Waals surface area contributed by atoms with Crippen molar-refractivity contribution in [1.29, 1.82) is 0 Å². The Kier molecular flexibility index (Phi) is 4.68. The Bertz CT molecular complexity index is 393. The molecule has 0 amide bonds. The van der Waals surface area contributed by atoms with Gasteiger partial charge in [0.15, 0.2) is 0 Å². The topological polar surface area (TPSA) is 35.2 Å². The van der Waals surface area contributed by atoms with E-state index < -0.39 is 11.7 Å². The van der Waals surface area contributed by atoms with Crippen LogP contribution >= 0.6 is 15.9 Å².